The van der Waals surface area contributed by atoms with Gasteiger partial charge in [0.2, 0.25) is 0 Å². The van der Waals surface area contributed by atoms with E-state index in [1.807, 2.05) is 24.3 Å². The van der Waals surface area contributed by atoms with Crippen molar-refractivity contribution in [3.63, 3.8) is 0 Å². The molecule has 1 unspecified atom stereocenters. The normalized spacial score (nSPS) is 19.1. The second kappa shape index (κ2) is 12.2. The average molecular weight is 601 g/mol. The SMILES string of the molecule is CN(Cc1ccc(-c2cc3ncn(CC[C@](C)(C(=O)NOC4CCCCO4)S(C)(=O)=O)c(=O)c3cc2F)cc1)C1CC1. The van der Waals surface area contributed by atoms with Gasteiger partial charge in [-0.25, -0.2) is 28.1 Å². The number of halogens is 1. The summed E-state index contributed by atoms with van der Waals surface area (Å²) >= 11 is 0. The Kier molecular flexibility index (Phi) is 8.79. The van der Waals surface area contributed by atoms with Crippen molar-refractivity contribution in [3.8, 4) is 11.1 Å². The Balaban J connectivity index is 1.32. The first kappa shape index (κ1) is 30.3. The molecule has 42 heavy (non-hydrogen) atoms. The standard InChI is InChI=1S/C30H37FN4O6S/c1-30(42(3,38)39,29(37)33-41-27-6-4-5-15-40-27)13-14-35-19-32-26-17-23(25(31)16-24(26)28(35)36)21-9-7-20(8-10-21)18-34(2)22-11-12-22/h7-10,16-17,19,22,27H,4-6,11-15,18H2,1-3H3,(H,33,37)/t27?,30-/m1/s1. The third kappa shape index (κ3) is 6.56. The van der Waals surface area contributed by atoms with E-state index >= 15 is 4.39 Å². The highest BCUT2D eigenvalue weighted by Gasteiger charge is 2.44. The maximum Gasteiger partial charge on any atom is 0.264 e. The summed E-state index contributed by atoms with van der Waals surface area (Å²) in [5, 5.41) is 0.0599. The summed E-state index contributed by atoms with van der Waals surface area (Å²) in [6.45, 7) is 2.46. The van der Waals surface area contributed by atoms with E-state index in [0.29, 0.717) is 35.7 Å². The zero-order valence-corrected chi connectivity index (χ0v) is 25.0. The smallest absolute Gasteiger partial charge is 0.264 e. The summed E-state index contributed by atoms with van der Waals surface area (Å²) in [7, 11) is -1.82. The molecule has 0 bridgehead atoms. The second-order valence-electron chi connectivity index (χ2n) is 11.5. The molecule has 1 aromatic heterocycles. The minimum atomic E-state index is -3.93. The lowest BCUT2D eigenvalue weighted by Crippen LogP contribution is -2.51. The van der Waals surface area contributed by atoms with Gasteiger partial charge in [0.15, 0.2) is 20.9 Å². The fourth-order valence-corrected chi connectivity index (χ4v) is 5.95. The van der Waals surface area contributed by atoms with E-state index in [1.54, 1.807) is 6.07 Å². The molecule has 1 saturated heterocycles. The molecule has 1 N–H and O–H groups in total. The van der Waals surface area contributed by atoms with Crippen molar-refractivity contribution in [1.29, 1.82) is 0 Å². The number of sulfone groups is 1. The van der Waals surface area contributed by atoms with Gasteiger partial charge in [0, 0.05) is 44.0 Å². The molecule has 1 saturated carbocycles. The van der Waals surface area contributed by atoms with Gasteiger partial charge in [0.25, 0.3) is 11.5 Å². The van der Waals surface area contributed by atoms with E-state index in [-0.39, 0.29) is 18.4 Å². The molecule has 2 heterocycles. The van der Waals surface area contributed by atoms with Crippen LogP contribution in [-0.4, -0.2) is 65.8 Å². The number of aromatic nitrogens is 2. The van der Waals surface area contributed by atoms with E-state index in [2.05, 4.69) is 22.4 Å². The number of ether oxygens (including phenoxy) is 1. The van der Waals surface area contributed by atoms with Crippen molar-refractivity contribution in [2.75, 3.05) is 19.9 Å². The number of hydrogen-bond donors (Lipinski definition) is 1. The predicted molar refractivity (Wildman–Crippen MR) is 157 cm³/mol. The Labute approximate surface area is 244 Å². The molecule has 2 fully saturated rings. The van der Waals surface area contributed by atoms with Crippen molar-refractivity contribution in [2.45, 2.75) is 75.6 Å². The maximum absolute atomic E-state index is 15.3. The topological polar surface area (TPSA) is 120 Å². The van der Waals surface area contributed by atoms with E-state index in [4.69, 9.17) is 9.57 Å². The van der Waals surface area contributed by atoms with E-state index in [0.717, 1.165) is 37.3 Å². The van der Waals surface area contributed by atoms with Crippen LogP contribution in [0.15, 0.2) is 47.5 Å². The molecule has 10 nitrogen and oxygen atoms in total. The summed E-state index contributed by atoms with van der Waals surface area (Å²) in [5.41, 5.74) is 4.15. The first-order valence-electron chi connectivity index (χ1n) is 14.2. The van der Waals surface area contributed by atoms with Crippen LogP contribution in [0.25, 0.3) is 22.0 Å². The van der Waals surface area contributed by atoms with Gasteiger partial charge in [-0.3, -0.25) is 19.1 Å². The zero-order chi connectivity index (χ0) is 30.1. The molecular formula is C30H37FN4O6S. The molecule has 2 aromatic carbocycles. The van der Waals surface area contributed by atoms with Gasteiger partial charge in [0.05, 0.1) is 17.2 Å². The highest BCUT2D eigenvalue weighted by molar-refractivity contribution is 7.92. The van der Waals surface area contributed by atoms with Crippen LogP contribution in [0, 0.1) is 5.82 Å². The van der Waals surface area contributed by atoms with Gasteiger partial charge in [-0.1, -0.05) is 24.3 Å². The molecule has 0 spiro atoms. The third-order valence-corrected chi connectivity index (χ3v) is 10.4. The number of nitrogens with one attached hydrogen (secondary N) is 1. The highest BCUT2D eigenvalue weighted by Crippen LogP contribution is 2.29. The Morgan fingerprint density at radius 3 is 2.60 bits per heavy atom. The molecule has 2 aliphatic rings. The number of hydroxylamine groups is 1. The van der Waals surface area contributed by atoms with Crippen molar-refractivity contribution in [3.05, 3.63) is 64.5 Å². The number of nitrogens with zero attached hydrogens (tertiary/aromatic N) is 3. The third-order valence-electron chi connectivity index (χ3n) is 8.33. The quantitative estimate of drug-likeness (QED) is 0.332. The van der Waals surface area contributed by atoms with Gasteiger partial charge < -0.3 is 4.74 Å². The van der Waals surface area contributed by atoms with Crippen molar-refractivity contribution >= 4 is 26.6 Å². The number of amides is 1. The summed E-state index contributed by atoms with van der Waals surface area (Å²) in [5.74, 6) is -1.42. The molecule has 1 aliphatic heterocycles. The van der Waals surface area contributed by atoms with Crippen LogP contribution >= 0.6 is 0 Å². The number of carbonyl (C=O) groups is 1. The highest BCUT2D eigenvalue weighted by atomic mass is 32.2. The minimum Gasteiger partial charge on any atom is -0.350 e. The molecule has 1 amide bonds. The summed E-state index contributed by atoms with van der Waals surface area (Å²) in [6, 6.07) is 11.0. The Morgan fingerprint density at radius 2 is 1.95 bits per heavy atom. The molecule has 0 radical (unpaired) electrons. The maximum atomic E-state index is 15.3. The zero-order valence-electron chi connectivity index (χ0n) is 24.1. The van der Waals surface area contributed by atoms with Crippen LogP contribution in [-0.2, 0) is 37.3 Å². The number of carbonyl (C=O) groups excluding carboxylic acids is 1. The molecule has 12 heteroatoms. The van der Waals surface area contributed by atoms with Crippen molar-refractivity contribution < 1.29 is 27.2 Å². The minimum absolute atomic E-state index is 0.0599. The summed E-state index contributed by atoms with van der Waals surface area (Å²) < 4.78 is 45.4. The molecule has 226 valence electrons. The largest absolute Gasteiger partial charge is 0.350 e. The lowest BCUT2D eigenvalue weighted by atomic mass is 10.0. The van der Waals surface area contributed by atoms with Crippen molar-refractivity contribution in [1.82, 2.24) is 19.9 Å². The molecular weight excluding hydrogens is 563 g/mol. The van der Waals surface area contributed by atoms with E-state index in [9.17, 15) is 18.0 Å². The van der Waals surface area contributed by atoms with Crippen LogP contribution in [0.4, 0.5) is 4.39 Å². The lowest BCUT2D eigenvalue weighted by molar-refractivity contribution is -0.201. The predicted octanol–water partition coefficient (Wildman–Crippen LogP) is 3.56. The Hall–Kier alpha value is -3.19. The first-order valence-corrected chi connectivity index (χ1v) is 16.1. The number of benzene rings is 2. The molecule has 3 aromatic rings. The fraction of sp³-hybridized carbons (Fsp3) is 0.500. The van der Waals surface area contributed by atoms with Crippen molar-refractivity contribution in [2.24, 2.45) is 0 Å². The monoisotopic (exact) mass is 600 g/mol. The number of hydrogen-bond acceptors (Lipinski definition) is 8. The van der Waals surface area contributed by atoms with Gasteiger partial charge >= 0.3 is 0 Å². The second-order valence-corrected chi connectivity index (χ2v) is 14.0. The van der Waals surface area contributed by atoms with Crippen LogP contribution < -0.4 is 11.0 Å². The summed E-state index contributed by atoms with van der Waals surface area (Å²) in [4.78, 5) is 38.2. The van der Waals surface area contributed by atoms with E-state index < -0.39 is 38.2 Å². The van der Waals surface area contributed by atoms with Gasteiger partial charge in [-0.05, 0) is 69.3 Å². The number of aryl methyl sites for hydroxylation is 1. The van der Waals surface area contributed by atoms with Crippen LogP contribution in [0.3, 0.4) is 0 Å². The average Bonchev–Trinajstić information content (AvgIpc) is 3.82. The number of fused-ring (bicyclic) bond motifs is 1. The van der Waals surface area contributed by atoms with Gasteiger partial charge in [-0.2, -0.15) is 0 Å². The van der Waals surface area contributed by atoms with Crippen LogP contribution in [0.5, 0.6) is 0 Å². The van der Waals surface area contributed by atoms with Crippen LogP contribution in [0.2, 0.25) is 0 Å². The molecule has 5 rings (SSSR count). The Morgan fingerprint density at radius 1 is 1.21 bits per heavy atom. The fourth-order valence-electron chi connectivity index (χ4n) is 5.11. The van der Waals surface area contributed by atoms with Crippen LogP contribution in [0.1, 0.15) is 51.0 Å². The first-order chi connectivity index (χ1) is 20.0. The molecule has 2 atom stereocenters. The molecule has 1 aliphatic carbocycles. The van der Waals surface area contributed by atoms with E-state index in [1.165, 1.54) is 30.7 Å². The van der Waals surface area contributed by atoms with Gasteiger partial charge in [0.1, 0.15) is 5.82 Å². The lowest BCUT2D eigenvalue weighted by Gasteiger charge is -2.28. The Bertz CT molecular complexity index is 1620. The van der Waals surface area contributed by atoms with Gasteiger partial charge in [-0.15, -0.1) is 0 Å². The number of rotatable bonds is 11. The summed E-state index contributed by atoms with van der Waals surface area (Å²) in [6.07, 6.45) is 6.15.